The van der Waals surface area contributed by atoms with E-state index in [0.717, 1.165) is 11.1 Å². The molecule has 0 aliphatic heterocycles. The third-order valence-corrected chi connectivity index (χ3v) is 5.29. The molecule has 1 N–H and O–H groups in total. The van der Waals surface area contributed by atoms with Crippen LogP contribution in [0.15, 0.2) is 54.6 Å². The average Bonchev–Trinajstić information content (AvgIpc) is 2.58. The van der Waals surface area contributed by atoms with Gasteiger partial charge < -0.3 is 5.32 Å². The van der Waals surface area contributed by atoms with Crippen LogP contribution in [0.5, 0.6) is 0 Å². The molecule has 0 bridgehead atoms. The van der Waals surface area contributed by atoms with Crippen LogP contribution in [-0.2, 0) is 21.2 Å². The highest BCUT2D eigenvalue weighted by Gasteiger charge is 2.17. The summed E-state index contributed by atoms with van der Waals surface area (Å²) in [6.07, 6.45) is 1.46. The maximum atomic E-state index is 12.1. The number of carbonyl (C=O) groups is 1. The fraction of sp³-hybridized carbons (Fsp3) is 0.350. The van der Waals surface area contributed by atoms with Crippen LogP contribution in [0.4, 0.5) is 5.69 Å². The second-order valence-electron chi connectivity index (χ2n) is 6.59. The van der Waals surface area contributed by atoms with Gasteiger partial charge in [-0.15, -0.1) is 0 Å². The fourth-order valence-corrected chi connectivity index (χ4v) is 3.58. The zero-order valence-corrected chi connectivity index (χ0v) is 16.3. The highest BCUT2D eigenvalue weighted by atomic mass is 32.2. The summed E-state index contributed by atoms with van der Waals surface area (Å²) in [4.78, 5) is 12.0. The topological polar surface area (TPSA) is 66.5 Å². The van der Waals surface area contributed by atoms with Gasteiger partial charge in [0, 0.05) is 6.54 Å². The molecule has 0 saturated carbocycles. The predicted octanol–water partition coefficient (Wildman–Crippen LogP) is 2.93. The standard InChI is InChI=1S/C20H26N2O3S/c1-16(2)18-9-11-19(12-10-18)22(26(3,24)25)14-13-21-20(23)15-17-7-5-4-6-8-17/h4-12,16H,13-15H2,1-3H3,(H,21,23). The summed E-state index contributed by atoms with van der Waals surface area (Å²) in [6, 6.07) is 16.9. The zero-order chi connectivity index (χ0) is 19.2. The molecule has 6 heteroatoms. The van der Waals surface area contributed by atoms with Gasteiger partial charge in [-0.3, -0.25) is 9.10 Å². The quantitative estimate of drug-likeness (QED) is 0.772. The van der Waals surface area contributed by atoms with Crippen molar-refractivity contribution >= 4 is 21.6 Å². The number of nitrogens with one attached hydrogen (secondary N) is 1. The lowest BCUT2D eigenvalue weighted by molar-refractivity contribution is -0.120. The van der Waals surface area contributed by atoms with E-state index in [1.54, 1.807) is 0 Å². The monoisotopic (exact) mass is 374 g/mol. The average molecular weight is 375 g/mol. The summed E-state index contributed by atoms with van der Waals surface area (Å²) in [7, 11) is -3.43. The van der Waals surface area contributed by atoms with Crippen LogP contribution in [0, 0.1) is 0 Å². The normalized spacial score (nSPS) is 11.4. The number of benzene rings is 2. The van der Waals surface area contributed by atoms with Crippen molar-refractivity contribution in [1.82, 2.24) is 5.32 Å². The highest BCUT2D eigenvalue weighted by Crippen LogP contribution is 2.21. The lowest BCUT2D eigenvalue weighted by Crippen LogP contribution is -2.38. The van der Waals surface area contributed by atoms with Gasteiger partial charge in [0.1, 0.15) is 0 Å². The Morgan fingerprint density at radius 3 is 2.19 bits per heavy atom. The van der Waals surface area contributed by atoms with Crippen molar-refractivity contribution in [2.45, 2.75) is 26.2 Å². The van der Waals surface area contributed by atoms with Gasteiger partial charge in [-0.25, -0.2) is 8.42 Å². The third-order valence-electron chi connectivity index (χ3n) is 4.09. The van der Waals surface area contributed by atoms with Gasteiger partial charge in [0.15, 0.2) is 0 Å². The molecule has 0 fully saturated rings. The Kier molecular flexibility index (Phi) is 6.80. The second-order valence-corrected chi connectivity index (χ2v) is 8.50. The summed E-state index contributed by atoms with van der Waals surface area (Å²) in [5.74, 6) is 0.257. The molecule has 0 unspecified atom stereocenters. The van der Waals surface area contributed by atoms with Gasteiger partial charge in [-0.2, -0.15) is 0 Å². The molecule has 0 aromatic heterocycles. The van der Waals surface area contributed by atoms with Crippen LogP contribution in [0.3, 0.4) is 0 Å². The van der Waals surface area contributed by atoms with E-state index in [1.807, 2.05) is 54.6 Å². The summed E-state index contributed by atoms with van der Waals surface area (Å²) in [5, 5.41) is 2.79. The van der Waals surface area contributed by atoms with Crippen molar-refractivity contribution < 1.29 is 13.2 Å². The Labute approximate surface area is 156 Å². The van der Waals surface area contributed by atoms with Crippen molar-refractivity contribution in [3.63, 3.8) is 0 Å². The molecule has 2 aromatic rings. The number of nitrogens with zero attached hydrogens (tertiary/aromatic N) is 1. The first-order chi connectivity index (χ1) is 12.3. The first-order valence-corrected chi connectivity index (χ1v) is 10.5. The molecule has 0 aliphatic rings. The first-order valence-electron chi connectivity index (χ1n) is 8.65. The molecule has 26 heavy (non-hydrogen) atoms. The van der Waals surface area contributed by atoms with Crippen molar-refractivity contribution in [3.05, 3.63) is 65.7 Å². The first kappa shape index (κ1) is 20.0. The van der Waals surface area contributed by atoms with Crippen molar-refractivity contribution in [2.24, 2.45) is 0 Å². The molecule has 0 aliphatic carbocycles. The molecule has 0 atom stereocenters. The Morgan fingerprint density at radius 2 is 1.65 bits per heavy atom. The minimum atomic E-state index is -3.43. The maximum absolute atomic E-state index is 12.1. The number of sulfonamides is 1. The number of rotatable bonds is 8. The van der Waals surface area contributed by atoms with Gasteiger partial charge >= 0.3 is 0 Å². The molecule has 2 rings (SSSR count). The number of anilines is 1. The molecule has 0 heterocycles. The fourth-order valence-electron chi connectivity index (χ4n) is 2.65. The van der Waals surface area contributed by atoms with Gasteiger partial charge in [0.05, 0.1) is 24.9 Å². The van der Waals surface area contributed by atoms with Crippen LogP contribution in [0.25, 0.3) is 0 Å². The van der Waals surface area contributed by atoms with Gasteiger partial charge in [0.25, 0.3) is 0 Å². The number of hydrogen-bond acceptors (Lipinski definition) is 3. The Balaban J connectivity index is 1.97. The number of hydrogen-bond donors (Lipinski definition) is 1. The van der Waals surface area contributed by atoms with E-state index < -0.39 is 10.0 Å². The van der Waals surface area contributed by atoms with Gasteiger partial charge in [-0.05, 0) is 29.2 Å². The van der Waals surface area contributed by atoms with Crippen LogP contribution in [0.1, 0.15) is 30.9 Å². The van der Waals surface area contributed by atoms with Crippen molar-refractivity contribution in [3.8, 4) is 0 Å². The van der Waals surface area contributed by atoms with Crippen molar-refractivity contribution in [1.29, 1.82) is 0 Å². The van der Waals surface area contributed by atoms with Crippen LogP contribution >= 0.6 is 0 Å². The van der Waals surface area contributed by atoms with Crippen LogP contribution < -0.4 is 9.62 Å². The molecule has 140 valence electrons. The van der Waals surface area contributed by atoms with Gasteiger partial charge in [-0.1, -0.05) is 56.3 Å². The Bertz CT molecular complexity index is 816. The van der Waals surface area contributed by atoms with E-state index in [9.17, 15) is 13.2 Å². The Hall–Kier alpha value is -2.34. The maximum Gasteiger partial charge on any atom is 0.232 e. The lowest BCUT2D eigenvalue weighted by atomic mass is 10.0. The third kappa shape index (κ3) is 5.88. The molecular weight excluding hydrogens is 348 g/mol. The summed E-state index contributed by atoms with van der Waals surface area (Å²) >= 11 is 0. The van der Waals surface area contributed by atoms with E-state index in [0.29, 0.717) is 11.6 Å². The molecule has 0 spiro atoms. The molecule has 1 amide bonds. The minimum Gasteiger partial charge on any atom is -0.354 e. The molecule has 0 radical (unpaired) electrons. The van der Waals surface area contributed by atoms with Crippen molar-refractivity contribution in [2.75, 3.05) is 23.7 Å². The molecule has 0 saturated heterocycles. The van der Waals surface area contributed by atoms with E-state index in [2.05, 4.69) is 19.2 Å². The second kappa shape index (κ2) is 8.85. The van der Waals surface area contributed by atoms with Crippen LogP contribution in [-0.4, -0.2) is 33.7 Å². The molecular formula is C20H26N2O3S. The lowest BCUT2D eigenvalue weighted by Gasteiger charge is -2.23. The van der Waals surface area contributed by atoms with Crippen LogP contribution in [0.2, 0.25) is 0 Å². The van der Waals surface area contributed by atoms with E-state index in [-0.39, 0.29) is 25.4 Å². The van der Waals surface area contributed by atoms with E-state index >= 15 is 0 Å². The molecule has 5 nitrogen and oxygen atoms in total. The zero-order valence-electron chi connectivity index (χ0n) is 15.5. The Morgan fingerprint density at radius 1 is 1.04 bits per heavy atom. The highest BCUT2D eigenvalue weighted by molar-refractivity contribution is 7.92. The molecule has 2 aromatic carbocycles. The minimum absolute atomic E-state index is 0.125. The predicted molar refractivity (Wildman–Crippen MR) is 106 cm³/mol. The smallest absolute Gasteiger partial charge is 0.232 e. The SMILES string of the molecule is CC(C)c1ccc(N(CCNC(=O)Cc2ccccc2)S(C)(=O)=O)cc1. The van der Waals surface area contributed by atoms with E-state index in [4.69, 9.17) is 0 Å². The number of amides is 1. The summed E-state index contributed by atoms with van der Waals surface area (Å²) in [5.41, 5.74) is 2.68. The van der Waals surface area contributed by atoms with Gasteiger partial charge in [0.2, 0.25) is 15.9 Å². The summed E-state index contributed by atoms with van der Waals surface area (Å²) in [6.45, 7) is 4.63. The van der Waals surface area contributed by atoms with E-state index in [1.165, 1.54) is 10.6 Å². The summed E-state index contributed by atoms with van der Waals surface area (Å²) < 4.78 is 25.6. The number of carbonyl (C=O) groups excluding carboxylic acids is 1. The largest absolute Gasteiger partial charge is 0.354 e.